The van der Waals surface area contributed by atoms with Gasteiger partial charge in [-0.2, -0.15) is 0 Å². The zero-order valence-corrected chi connectivity index (χ0v) is 14.1. The minimum absolute atomic E-state index is 0.240. The highest BCUT2D eigenvalue weighted by molar-refractivity contribution is 9.10. The number of ether oxygens (including phenoxy) is 1. The van der Waals surface area contributed by atoms with Crippen molar-refractivity contribution in [2.75, 3.05) is 6.61 Å². The summed E-state index contributed by atoms with van der Waals surface area (Å²) in [4.78, 5) is 10.7. The van der Waals surface area contributed by atoms with Crippen LogP contribution < -0.4 is 0 Å². The molecule has 0 fully saturated rings. The molecular weight excluding hydrogens is 352 g/mol. The Kier molecular flexibility index (Phi) is 5.83. The molecular formula is C17H16BrClO2. The molecule has 2 nitrogen and oxygen atoms in total. The van der Waals surface area contributed by atoms with Gasteiger partial charge in [0.15, 0.2) is 0 Å². The van der Waals surface area contributed by atoms with E-state index < -0.39 is 0 Å². The molecule has 0 saturated heterocycles. The maximum Gasteiger partial charge on any atom is 0.302 e. The zero-order valence-electron chi connectivity index (χ0n) is 11.7. The van der Waals surface area contributed by atoms with E-state index >= 15 is 0 Å². The van der Waals surface area contributed by atoms with E-state index in [-0.39, 0.29) is 5.97 Å². The third-order valence-electron chi connectivity index (χ3n) is 3.12. The van der Waals surface area contributed by atoms with Crippen LogP contribution in [0.15, 0.2) is 46.9 Å². The third kappa shape index (κ3) is 5.18. The summed E-state index contributed by atoms with van der Waals surface area (Å²) in [6, 6.07) is 14.2. The molecule has 110 valence electrons. The third-order valence-corrected chi connectivity index (χ3v) is 3.98. The van der Waals surface area contributed by atoms with Crippen molar-refractivity contribution in [1.29, 1.82) is 0 Å². The number of halogens is 2. The van der Waals surface area contributed by atoms with Crippen LogP contribution in [0.5, 0.6) is 0 Å². The van der Waals surface area contributed by atoms with Crippen LogP contribution in [0.2, 0.25) is 5.02 Å². The van der Waals surface area contributed by atoms with Gasteiger partial charge in [-0.1, -0.05) is 51.8 Å². The summed E-state index contributed by atoms with van der Waals surface area (Å²) in [5.41, 5.74) is 3.45. The summed E-state index contributed by atoms with van der Waals surface area (Å²) in [6.07, 6.45) is 1.53. The van der Waals surface area contributed by atoms with Crippen molar-refractivity contribution in [3.8, 4) is 0 Å². The van der Waals surface area contributed by atoms with Gasteiger partial charge in [0.25, 0.3) is 0 Å². The summed E-state index contributed by atoms with van der Waals surface area (Å²) in [7, 11) is 0. The normalized spacial score (nSPS) is 10.4. The van der Waals surface area contributed by atoms with Gasteiger partial charge in [-0.25, -0.2) is 0 Å². The number of hydrogen-bond acceptors (Lipinski definition) is 2. The SMILES string of the molecule is CC(=O)OCCc1ccc(Cc2cc(Br)ccc2Cl)cc1. The Balaban J connectivity index is 1.99. The van der Waals surface area contributed by atoms with E-state index in [2.05, 4.69) is 40.2 Å². The van der Waals surface area contributed by atoms with Gasteiger partial charge in [-0.3, -0.25) is 4.79 Å². The Morgan fingerprint density at radius 3 is 2.48 bits per heavy atom. The zero-order chi connectivity index (χ0) is 15.2. The maximum absolute atomic E-state index is 10.7. The van der Waals surface area contributed by atoms with Crippen LogP contribution in [-0.4, -0.2) is 12.6 Å². The average molecular weight is 368 g/mol. The molecule has 0 aliphatic heterocycles. The van der Waals surface area contributed by atoms with E-state index in [0.717, 1.165) is 33.5 Å². The highest BCUT2D eigenvalue weighted by atomic mass is 79.9. The van der Waals surface area contributed by atoms with Crippen LogP contribution in [0.25, 0.3) is 0 Å². The number of benzene rings is 2. The van der Waals surface area contributed by atoms with Crippen LogP contribution in [0, 0.1) is 0 Å². The van der Waals surface area contributed by atoms with E-state index in [4.69, 9.17) is 16.3 Å². The molecule has 0 aliphatic rings. The van der Waals surface area contributed by atoms with Gasteiger partial charge in [-0.15, -0.1) is 0 Å². The standard InChI is InChI=1S/C17H16BrClO2/c1-12(20)21-9-8-13-2-4-14(5-3-13)10-15-11-16(18)6-7-17(15)19/h2-7,11H,8-10H2,1H3. The first-order valence-corrected chi connectivity index (χ1v) is 7.87. The number of rotatable bonds is 5. The lowest BCUT2D eigenvalue weighted by Crippen LogP contribution is -2.03. The smallest absolute Gasteiger partial charge is 0.302 e. The molecule has 0 atom stereocenters. The van der Waals surface area contributed by atoms with Crippen LogP contribution in [-0.2, 0) is 22.4 Å². The van der Waals surface area contributed by atoms with Crippen molar-refractivity contribution in [3.05, 3.63) is 68.7 Å². The van der Waals surface area contributed by atoms with Crippen LogP contribution in [0.3, 0.4) is 0 Å². The number of hydrogen-bond donors (Lipinski definition) is 0. The van der Waals surface area contributed by atoms with E-state index in [9.17, 15) is 4.79 Å². The molecule has 2 rings (SSSR count). The molecule has 0 N–H and O–H groups in total. The molecule has 0 unspecified atom stereocenters. The Hall–Kier alpha value is -1.32. The maximum atomic E-state index is 10.7. The molecule has 0 saturated carbocycles. The molecule has 0 amide bonds. The highest BCUT2D eigenvalue weighted by Crippen LogP contribution is 2.23. The van der Waals surface area contributed by atoms with Gasteiger partial charge in [-0.05, 0) is 41.3 Å². The highest BCUT2D eigenvalue weighted by Gasteiger charge is 2.03. The first-order valence-electron chi connectivity index (χ1n) is 6.69. The quantitative estimate of drug-likeness (QED) is 0.710. The molecule has 0 bridgehead atoms. The Labute approximate surface area is 138 Å². The Morgan fingerprint density at radius 1 is 1.14 bits per heavy atom. The molecule has 0 radical (unpaired) electrons. The Bertz CT molecular complexity index is 623. The molecule has 0 spiro atoms. The van der Waals surface area contributed by atoms with E-state index in [1.807, 2.05) is 18.2 Å². The van der Waals surface area contributed by atoms with Gasteiger partial charge in [0.2, 0.25) is 0 Å². The van der Waals surface area contributed by atoms with Crippen molar-refractivity contribution in [2.24, 2.45) is 0 Å². The molecule has 0 aromatic heterocycles. The minimum atomic E-state index is -0.240. The second-order valence-electron chi connectivity index (χ2n) is 4.82. The Morgan fingerprint density at radius 2 is 1.81 bits per heavy atom. The van der Waals surface area contributed by atoms with Crippen LogP contribution >= 0.6 is 27.5 Å². The topological polar surface area (TPSA) is 26.3 Å². The number of carbonyl (C=O) groups is 1. The second kappa shape index (κ2) is 7.62. The summed E-state index contributed by atoms with van der Waals surface area (Å²) in [5.74, 6) is -0.240. The van der Waals surface area contributed by atoms with Crippen molar-refractivity contribution in [1.82, 2.24) is 0 Å². The van der Waals surface area contributed by atoms with Gasteiger partial charge in [0, 0.05) is 22.8 Å². The van der Waals surface area contributed by atoms with E-state index in [0.29, 0.717) is 6.61 Å². The molecule has 21 heavy (non-hydrogen) atoms. The lowest BCUT2D eigenvalue weighted by atomic mass is 10.0. The van der Waals surface area contributed by atoms with Gasteiger partial charge in [0.1, 0.15) is 0 Å². The van der Waals surface area contributed by atoms with Crippen molar-refractivity contribution < 1.29 is 9.53 Å². The number of carbonyl (C=O) groups excluding carboxylic acids is 1. The lowest BCUT2D eigenvalue weighted by molar-refractivity contribution is -0.140. The largest absolute Gasteiger partial charge is 0.466 e. The fourth-order valence-corrected chi connectivity index (χ4v) is 2.63. The van der Waals surface area contributed by atoms with Crippen molar-refractivity contribution in [3.63, 3.8) is 0 Å². The average Bonchev–Trinajstić information content (AvgIpc) is 2.44. The fourth-order valence-electron chi connectivity index (χ4n) is 2.04. The molecule has 0 heterocycles. The molecule has 0 aliphatic carbocycles. The fraction of sp³-hybridized carbons (Fsp3) is 0.235. The minimum Gasteiger partial charge on any atom is -0.466 e. The summed E-state index contributed by atoms with van der Waals surface area (Å²) < 4.78 is 5.97. The molecule has 4 heteroatoms. The van der Waals surface area contributed by atoms with Gasteiger partial charge < -0.3 is 4.74 Å². The van der Waals surface area contributed by atoms with Crippen molar-refractivity contribution in [2.45, 2.75) is 19.8 Å². The van der Waals surface area contributed by atoms with Crippen LogP contribution in [0.1, 0.15) is 23.6 Å². The lowest BCUT2D eigenvalue weighted by Gasteiger charge is -2.07. The predicted octanol–water partition coefficient (Wildman–Crippen LogP) is 4.80. The predicted molar refractivity (Wildman–Crippen MR) is 88.7 cm³/mol. The van der Waals surface area contributed by atoms with Crippen molar-refractivity contribution >= 4 is 33.5 Å². The second-order valence-corrected chi connectivity index (χ2v) is 6.14. The summed E-state index contributed by atoms with van der Waals surface area (Å²) in [6.45, 7) is 1.84. The summed E-state index contributed by atoms with van der Waals surface area (Å²) >= 11 is 9.67. The van der Waals surface area contributed by atoms with Gasteiger partial charge >= 0.3 is 5.97 Å². The van der Waals surface area contributed by atoms with E-state index in [1.54, 1.807) is 0 Å². The molecule has 2 aromatic rings. The van der Waals surface area contributed by atoms with Gasteiger partial charge in [0.05, 0.1) is 6.61 Å². The first kappa shape index (κ1) is 16.1. The summed E-state index contributed by atoms with van der Waals surface area (Å²) in [5, 5.41) is 0.775. The monoisotopic (exact) mass is 366 g/mol. The van der Waals surface area contributed by atoms with Crippen LogP contribution in [0.4, 0.5) is 0 Å². The van der Waals surface area contributed by atoms with E-state index in [1.165, 1.54) is 12.5 Å². The molecule has 2 aromatic carbocycles. The number of esters is 1. The first-order chi connectivity index (χ1) is 10.0.